The molecule has 0 saturated carbocycles. The predicted molar refractivity (Wildman–Crippen MR) is 86.3 cm³/mol. The molecule has 1 unspecified atom stereocenters. The SMILES string of the molecule is COc1cccc(OC(C)CNC(=O)[C@H]2CCN[C@@H](C)C2)c1. The Balaban J connectivity index is 1.77. The van der Waals surface area contributed by atoms with Gasteiger partial charge in [0.15, 0.2) is 0 Å². The number of piperidine rings is 1. The minimum absolute atomic E-state index is 0.0878. The number of hydrogen-bond acceptors (Lipinski definition) is 4. The van der Waals surface area contributed by atoms with Gasteiger partial charge in [-0.3, -0.25) is 4.79 Å². The van der Waals surface area contributed by atoms with Gasteiger partial charge in [-0.25, -0.2) is 0 Å². The summed E-state index contributed by atoms with van der Waals surface area (Å²) in [6.45, 7) is 5.49. The van der Waals surface area contributed by atoms with Crippen molar-refractivity contribution in [2.24, 2.45) is 5.92 Å². The first kappa shape index (κ1) is 16.6. The van der Waals surface area contributed by atoms with Crippen molar-refractivity contribution in [3.8, 4) is 11.5 Å². The first-order valence-corrected chi connectivity index (χ1v) is 7.90. The number of rotatable bonds is 6. The van der Waals surface area contributed by atoms with Crippen LogP contribution in [-0.2, 0) is 4.79 Å². The fourth-order valence-electron chi connectivity index (χ4n) is 2.71. The molecule has 22 heavy (non-hydrogen) atoms. The summed E-state index contributed by atoms with van der Waals surface area (Å²) in [5.41, 5.74) is 0. The maximum absolute atomic E-state index is 12.2. The van der Waals surface area contributed by atoms with E-state index < -0.39 is 0 Å². The molecule has 2 rings (SSSR count). The van der Waals surface area contributed by atoms with E-state index in [0.717, 1.165) is 30.9 Å². The van der Waals surface area contributed by atoms with Gasteiger partial charge in [-0.1, -0.05) is 6.07 Å². The van der Waals surface area contributed by atoms with Crippen molar-refractivity contribution in [1.82, 2.24) is 10.6 Å². The molecule has 1 fully saturated rings. The van der Waals surface area contributed by atoms with Crippen LogP contribution in [-0.4, -0.2) is 38.3 Å². The molecular formula is C17H26N2O3. The summed E-state index contributed by atoms with van der Waals surface area (Å²) in [4.78, 5) is 12.2. The highest BCUT2D eigenvalue weighted by Gasteiger charge is 2.24. The molecular weight excluding hydrogens is 280 g/mol. The molecule has 0 aliphatic carbocycles. The summed E-state index contributed by atoms with van der Waals surface area (Å²) >= 11 is 0. The summed E-state index contributed by atoms with van der Waals surface area (Å²) in [6.07, 6.45) is 1.72. The summed E-state index contributed by atoms with van der Waals surface area (Å²) in [5.74, 6) is 1.75. The quantitative estimate of drug-likeness (QED) is 0.843. The molecule has 5 heteroatoms. The van der Waals surface area contributed by atoms with E-state index in [2.05, 4.69) is 17.6 Å². The van der Waals surface area contributed by atoms with E-state index >= 15 is 0 Å². The zero-order chi connectivity index (χ0) is 15.9. The van der Waals surface area contributed by atoms with Gasteiger partial charge in [-0.15, -0.1) is 0 Å². The third-order valence-electron chi connectivity index (χ3n) is 3.94. The van der Waals surface area contributed by atoms with Crippen LogP contribution in [0.15, 0.2) is 24.3 Å². The van der Waals surface area contributed by atoms with Gasteiger partial charge in [0.1, 0.15) is 17.6 Å². The van der Waals surface area contributed by atoms with E-state index in [0.29, 0.717) is 12.6 Å². The molecule has 0 radical (unpaired) electrons. The molecule has 2 N–H and O–H groups in total. The first-order chi connectivity index (χ1) is 10.6. The van der Waals surface area contributed by atoms with Crippen LogP contribution in [0.2, 0.25) is 0 Å². The Kier molecular flexibility index (Phi) is 6.07. The number of benzene rings is 1. The van der Waals surface area contributed by atoms with Gasteiger partial charge in [0.2, 0.25) is 5.91 Å². The molecule has 0 spiro atoms. The Morgan fingerprint density at radius 1 is 1.45 bits per heavy atom. The lowest BCUT2D eigenvalue weighted by molar-refractivity contribution is -0.126. The maximum Gasteiger partial charge on any atom is 0.223 e. The highest BCUT2D eigenvalue weighted by atomic mass is 16.5. The van der Waals surface area contributed by atoms with E-state index in [1.165, 1.54) is 0 Å². The predicted octanol–water partition coefficient (Wildman–Crippen LogP) is 1.97. The summed E-state index contributed by atoms with van der Waals surface area (Å²) < 4.78 is 11.0. The van der Waals surface area contributed by atoms with Crippen molar-refractivity contribution in [1.29, 1.82) is 0 Å². The number of carbonyl (C=O) groups excluding carboxylic acids is 1. The molecule has 122 valence electrons. The normalized spacial score (nSPS) is 22.7. The standard InChI is InChI=1S/C17H26N2O3/c1-12-9-14(7-8-18-12)17(20)19-11-13(2)22-16-6-4-5-15(10-16)21-3/h4-6,10,12-14,18H,7-9,11H2,1-3H3,(H,19,20)/t12-,13?,14-/m0/s1. The number of nitrogens with one attached hydrogen (secondary N) is 2. The average molecular weight is 306 g/mol. The zero-order valence-corrected chi connectivity index (χ0v) is 13.6. The lowest BCUT2D eigenvalue weighted by Crippen LogP contribution is -2.44. The van der Waals surface area contributed by atoms with Crippen molar-refractivity contribution >= 4 is 5.91 Å². The van der Waals surface area contributed by atoms with Crippen LogP contribution in [0, 0.1) is 5.92 Å². The molecule has 1 saturated heterocycles. The van der Waals surface area contributed by atoms with Crippen molar-refractivity contribution in [3.63, 3.8) is 0 Å². The number of amides is 1. The Morgan fingerprint density at radius 3 is 2.95 bits per heavy atom. The number of carbonyl (C=O) groups is 1. The number of methoxy groups -OCH3 is 1. The summed E-state index contributed by atoms with van der Waals surface area (Å²) in [5, 5.41) is 6.36. The van der Waals surface area contributed by atoms with E-state index in [1.807, 2.05) is 31.2 Å². The van der Waals surface area contributed by atoms with Crippen LogP contribution < -0.4 is 20.1 Å². The Bertz CT molecular complexity index is 493. The first-order valence-electron chi connectivity index (χ1n) is 7.90. The number of ether oxygens (including phenoxy) is 2. The van der Waals surface area contributed by atoms with Gasteiger partial charge in [0, 0.05) is 18.0 Å². The lowest BCUT2D eigenvalue weighted by Gasteiger charge is -2.27. The van der Waals surface area contributed by atoms with E-state index in [4.69, 9.17) is 9.47 Å². The average Bonchev–Trinajstić information content (AvgIpc) is 2.52. The van der Waals surface area contributed by atoms with Crippen LogP contribution in [0.25, 0.3) is 0 Å². The summed E-state index contributed by atoms with van der Waals surface area (Å²) in [6, 6.07) is 7.89. The minimum Gasteiger partial charge on any atom is -0.497 e. The van der Waals surface area contributed by atoms with Gasteiger partial charge in [0.05, 0.1) is 13.7 Å². The Labute approximate surface area is 132 Å². The molecule has 1 aromatic carbocycles. The van der Waals surface area contributed by atoms with Gasteiger partial charge < -0.3 is 20.1 Å². The molecule has 1 aliphatic heterocycles. The second-order valence-electron chi connectivity index (χ2n) is 5.93. The molecule has 1 aliphatic rings. The second kappa shape index (κ2) is 8.03. The monoisotopic (exact) mass is 306 g/mol. The zero-order valence-electron chi connectivity index (χ0n) is 13.6. The number of hydrogen-bond donors (Lipinski definition) is 2. The lowest BCUT2D eigenvalue weighted by atomic mass is 9.92. The molecule has 0 aromatic heterocycles. The van der Waals surface area contributed by atoms with Crippen LogP contribution in [0.5, 0.6) is 11.5 Å². The smallest absolute Gasteiger partial charge is 0.223 e. The topological polar surface area (TPSA) is 59.6 Å². The van der Waals surface area contributed by atoms with Gasteiger partial charge in [-0.2, -0.15) is 0 Å². The third kappa shape index (κ3) is 4.91. The molecule has 1 aromatic rings. The van der Waals surface area contributed by atoms with Crippen LogP contribution in [0.1, 0.15) is 26.7 Å². The van der Waals surface area contributed by atoms with Crippen molar-refractivity contribution in [2.45, 2.75) is 38.8 Å². The Hall–Kier alpha value is -1.75. The van der Waals surface area contributed by atoms with Crippen molar-refractivity contribution < 1.29 is 14.3 Å². The highest BCUT2D eigenvalue weighted by molar-refractivity contribution is 5.78. The van der Waals surface area contributed by atoms with Crippen LogP contribution in [0.3, 0.4) is 0 Å². The van der Waals surface area contributed by atoms with Crippen molar-refractivity contribution in [3.05, 3.63) is 24.3 Å². The fraction of sp³-hybridized carbons (Fsp3) is 0.588. The van der Waals surface area contributed by atoms with Gasteiger partial charge in [-0.05, 0) is 45.4 Å². The minimum atomic E-state index is -0.0878. The van der Waals surface area contributed by atoms with Crippen molar-refractivity contribution in [2.75, 3.05) is 20.2 Å². The van der Waals surface area contributed by atoms with Gasteiger partial charge in [0.25, 0.3) is 0 Å². The molecule has 0 bridgehead atoms. The molecule has 1 amide bonds. The maximum atomic E-state index is 12.2. The fourth-order valence-corrected chi connectivity index (χ4v) is 2.71. The Morgan fingerprint density at radius 2 is 2.23 bits per heavy atom. The van der Waals surface area contributed by atoms with Gasteiger partial charge >= 0.3 is 0 Å². The van der Waals surface area contributed by atoms with E-state index in [1.54, 1.807) is 7.11 Å². The van der Waals surface area contributed by atoms with E-state index in [9.17, 15) is 4.79 Å². The molecule has 1 heterocycles. The summed E-state index contributed by atoms with van der Waals surface area (Å²) in [7, 11) is 1.63. The third-order valence-corrected chi connectivity index (χ3v) is 3.94. The molecule has 3 atom stereocenters. The molecule has 5 nitrogen and oxygen atoms in total. The van der Waals surface area contributed by atoms with Crippen LogP contribution >= 0.6 is 0 Å². The second-order valence-corrected chi connectivity index (χ2v) is 5.93. The van der Waals surface area contributed by atoms with Crippen LogP contribution in [0.4, 0.5) is 0 Å². The van der Waals surface area contributed by atoms with E-state index in [-0.39, 0.29) is 17.9 Å². The highest BCUT2D eigenvalue weighted by Crippen LogP contribution is 2.20. The largest absolute Gasteiger partial charge is 0.497 e.